The lowest BCUT2D eigenvalue weighted by atomic mass is 10.2. The van der Waals surface area contributed by atoms with E-state index in [4.69, 9.17) is 10.00 Å². The summed E-state index contributed by atoms with van der Waals surface area (Å²) >= 11 is 0. The first-order valence-electron chi connectivity index (χ1n) is 6.13. The molecule has 1 saturated heterocycles. The molecule has 0 aromatic carbocycles. The molecule has 0 unspecified atom stereocenters. The van der Waals surface area contributed by atoms with Crippen LogP contribution in [0.1, 0.15) is 5.69 Å². The van der Waals surface area contributed by atoms with Crippen molar-refractivity contribution in [3.05, 3.63) is 23.9 Å². The van der Waals surface area contributed by atoms with Crippen molar-refractivity contribution in [1.29, 1.82) is 5.26 Å². The summed E-state index contributed by atoms with van der Waals surface area (Å²) in [6, 6.07) is 8.03. The van der Waals surface area contributed by atoms with Crippen molar-refractivity contribution in [3.8, 4) is 11.9 Å². The molecule has 1 fully saturated rings. The lowest BCUT2D eigenvalue weighted by Crippen LogP contribution is -2.45. The number of hydrogen-bond acceptors (Lipinski definition) is 5. The van der Waals surface area contributed by atoms with Crippen molar-refractivity contribution >= 4 is 0 Å². The van der Waals surface area contributed by atoms with Crippen molar-refractivity contribution in [2.75, 3.05) is 39.8 Å². The fraction of sp³-hybridized carbons (Fsp3) is 0.538. The standard InChI is InChI=1S/C13H18N4O/c1-18-13-4-2-3-12(15-13)11-17-9-7-16(6-5-14)8-10-17/h2-4H,6-11H2,1H3. The second-order valence-corrected chi connectivity index (χ2v) is 4.38. The van der Waals surface area contributed by atoms with Gasteiger partial charge < -0.3 is 4.74 Å². The van der Waals surface area contributed by atoms with Crippen LogP contribution in [-0.2, 0) is 6.54 Å². The van der Waals surface area contributed by atoms with Crippen LogP contribution in [-0.4, -0.2) is 54.6 Å². The van der Waals surface area contributed by atoms with Crippen LogP contribution in [0, 0.1) is 11.3 Å². The lowest BCUT2D eigenvalue weighted by Gasteiger charge is -2.33. The molecule has 0 spiro atoms. The predicted molar refractivity (Wildman–Crippen MR) is 68.1 cm³/mol. The van der Waals surface area contributed by atoms with Gasteiger partial charge in [-0.3, -0.25) is 9.80 Å². The fourth-order valence-electron chi connectivity index (χ4n) is 2.09. The molecule has 0 amide bonds. The Morgan fingerprint density at radius 3 is 2.67 bits per heavy atom. The molecule has 5 heteroatoms. The molecule has 96 valence electrons. The van der Waals surface area contributed by atoms with Gasteiger partial charge in [-0.2, -0.15) is 5.26 Å². The van der Waals surface area contributed by atoms with E-state index in [2.05, 4.69) is 20.9 Å². The molecular formula is C13H18N4O. The topological polar surface area (TPSA) is 52.4 Å². The highest BCUT2D eigenvalue weighted by Crippen LogP contribution is 2.10. The van der Waals surface area contributed by atoms with Crippen molar-refractivity contribution in [2.45, 2.75) is 6.54 Å². The van der Waals surface area contributed by atoms with Crippen LogP contribution < -0.4 is 4.74 Å². The van der Waals surface area contributed by atoms with E-state index in [0.29, 0.717) is 12.4 Å². The Kier molecular flexibility index (Phi) is 4.51. The average Bonchev–Trinajstić information content (AvgIpc) is 2.42. The quantitative estimate of drug-likeness (QED) is 0.733. The third-order valence-corrected chi connectivity index (χ3v) is 3.14. The van der Waals surface area contributed by atoms with Gasteiger partial charge in [0.15, 0.2) is 0 Å². The summed E-state index contributed by atoms with van der Waals surface area (Å²) in [5.74, 6) is 0.663. The van der Waals surface area contributed by atoms with Gasteiger partial charge in [-0.15, -0.1) is 0 Å². The van der Waals surface area contributed by atoms with Gasteiger partial charge in [-0.05, 0) is 6.07 Å². The van der Waals surface area contributed by atoms with E-state index in [1.165, 1.54) is 0 Å². The van der Waals surface area contributed by atoms with Gasteiger partial charge in [0.2, 0.25) is 5.88 Å². The normalized spacial score (nSPS) is 17.3. The molecule has 0 saturated carbocycles. The molecule has 0 aliphatic carbocycles. The third kappa shape index (κ3) is 3.42. The average molecular weight is 246 g/mol. The van der Waals surface area contributed by atoms with Crippen molar-refractivity contribution in [2.24, 2.45) is 0 Å². The maximum Gasteiger partial charge on any atom is 0.213 e. The van der Waals surface area contributed by atoms with Crippen LogP contribution in [0.4, 0.5) is 0 Å². The van der Waals surface area contributed by atoms with E-state index in [0.717, 1.165) is 38.4 Å². The summed E-state index contributed by atoms with van der Waals surface area (Å²) < 4.78 is 5.12. The Balaban J connectivity index is 1.86. The molecule has 1 aliphatic rings. The maximum atomic E-state index is 8.65. The van der Waals surface area contributed by atoms with Gasteiger partial charge in [0.1, 0.15) is 0 Å². The molecule has 2 heterocycles. The van der Waals surface area contributed by atoms with E-state index in [1.807, 2.05) is 18.2 Å². The molecule has 18 heavy (non-hydrogen) atoms. The first kappa shape index (κ1) is 12.8. The Morgan fingerprint density at radius 2 is 2.00 bits per heavy atom. The highest BCUT2D eigenvalue weighted by Gasteiger charge is 2.16. The van der Waals surface area contributed by atoms with Gasteiger partial charge in [-0.1, -0.05) is 6.07 Å². The van der Waals surface area contributed by atoms with Crippen LogP contribution >= 0.6 is 0 Å². The number of ether oxygens (including phenoxy) is 1. The van der Waals surface area contributed by atoms with Gasteiger partial charge in [0, 0.05) is 38.8 Å². The Morgan fingerprint density at radius 1 is 1.28 bits per heavy atom. The van der Waals surface area contributed by atoms with Crippen LogP contribution in [0.15, 0.2) is 18.2 Å². The zero-order chi connectivity index (χ0) is 12.8. The molecule has 5 nitrogen and oxygen atoms in total. The van der Waals surface area contributed by atoms with Crippen LogP contribution in [0.2, 0.25) is 0 Å². The zero-order valence-corrected chi connectivity index (χ0v) is 10.7. The smallest absolute Gasteiger partial charge is 0.213 e. The number of rotatable bonds is 4. The van der Waals surface area contributed by atoms with Gasteiger partial charge in [0.05, 0.1) is 25.4 Å². The van der Waals surface area contributed by atoms with Crippen molar-refractivity contribution in [1.82, 2.24) is 14.8 Å². The van der Waals surface area contributed by atoms with Gasteiger partial charge >= 0.3 is 0 Å². The summed E-state index contributed by atoms with van der Waals surface area (Å²) in [4.78, 5) is 8.94. The largest absolute Gasteiger partial charge is 0.481 e. The Labute approximate surface area is 108 Å². The van der Waals surface area contributed by atoms with E-state index >= 15 is 0 Å². The molecule has 0 atom stereocenters. The molecule has 2 rings (SSSR count). The number of nitrogens with zero attached hydrogens (tertiary/aromatic N) is 4. The molecule has 1 aliphatic heterocycles. The minimum Gasteiger partial charge on any atom is -0.481 e. The monoisotopic (exact) mass is 246 g/mol. The molecule has 1 aromatic heterocycles. The zero-order valence-electron chi connectivity index (χ0n) is 10.7. The van der Waals surface area contributed by atoms with E-state index in [1.54, 1.807) is 7.11 Å². The summed E-state index contributed by atoms with van der Waals surface area (Å²) in [5.41, 5.74) is 1.03. The molecule has 0 radical (unpaired) electrons. The summed E-state index contributed by atoms with van der Waals surface area (Å²) in [6.07, 6.45) is 0. The minimum absolute atomic E-state index is 0.533. The van der Waals surface area contributed by atoms with Gasteiger partial charge in [0.25, 0.3) is 0 Å². The van der Waals surface area contributed by atoms with E-state index < -0.39 is 0 Å². The second-order valence-electron chi connectivity index (χ2n) is 4.38. The number of pyridine rings is 1. The number of methoxy groups -OCH3 is 1. The first-order valence-corrected chi connectivity index (χ1v) is 6.13. The summed E-state index contributed by atoms with van der Waals surface area (Å²) in [6.45, 7) is 5.26. The second kappa shape index (κ2) is 6.34. The van der Waals surface area contributed by atoms with Crippen molar-refractivity contribution < 1.29 is 4.74 Å². The summed E-state index contributed by atoms with van der Waals surface area (Å²) in [5, 5.41) is 8.65. The Bertz CT molecular complexity index is 421. The third-order valence-electron chi connectivity index (χ3n) is 3.14. The first-order chi connectivity index (χ1) is 8.81. The van der Waals surface area contributed by atoms with E-state index in [-0.39, 0.29) is 0 Å². The molecule has 1 aromatic rings. The molecule has 0 bridgehead atoms. The lowest BCUT2D eigenvalue weighted by molar-refractivity contribution is 0.136. The highest BCUT2D eigenvalue weighted by molar-refractivity contribution is 5.15. The number of nitriles is 1. The van der Waals surface area contributed by atoms with Gasteiger partial charge in [-0.25, -0.2) is 4.98 Å². The number of piperazine rings is 1. The number of hydrogen-bond donors (Lipinski definition) is 0. The maximum absolute atomic E-state index is 8.65. The molecule has 0 N–H and O–H groups in total. The molecular weight excluding hydrogens is 228 g/mol. The number of aromatic nitrogens is 1. The van der Waals surface area contributed by atoms with Crippen LogP contribution in [0.25, 0.3) is 0 Å². The minimum atomic E-state index is 0.533. The van der Waals surface area contributed by atoms with Crippen LogP contribution in [0.5, 0.6) is 5.88 Å². The van der Waals surface area contributed by atoms with Crippen LogP contribution in [0.3, 0.4) is 0 Å². The predicted octanol–water partition coefficient (Wildman–Crippen LogP) is 0.731. The Hall–Kier alpha value is -1.64. The van der Waals surface area contributed by atoms with Crippen molar-refractivity contribution in [3.63, 3.8) is 0 Å². The fourth-order valence-corrected chi connectivity index (χ4v) is 2.09. The van der Waals surface area contributed by atoms with E-state index in [9.17, 15) is 0 Å². The summed E-state index contributed by atoms with van der Waals surface area (Å²) in [7, 11) is 1.63. The SMILES string of the molecule is COc1cccc(CN2CCN(CC#N)CC2)n1. The highest BCUT2D eigenvalue weighted by atomic mass is 16.5.